The van der Waals surface area contributed by atoms with E-state index in [0.717, 1.165) is 51.4 Å². The molecule has 0 radical (unpaired) electrons. The van der Waals surface area contributed by atoms with Crippen LogP contribution in [0.3, 0.4) is 0 Å². The Hall–Kier alpha value is -0.420. The molecule has 25 heavy (non-hydrogen) atoms. The van der Waals surface area contributed by atoms with Gasteiger partial charge in [-0.15, -0.1) is 0 Å². The normalized spacial score (nSPS) is 50.9. The Kier molecular flexibility index (Phi) is 3.87. The first-order valence-electron chi connectivity index (χ1n) is 10.4. The SMILES string of the molecule is CC[C@]12CC(O)C3C4CCC5(CC4=CCC3C1CCC2O)OCCO5. The van der Waals surface area contributed by atoms with Gasteiger partial charge in [-0.05, 0) is 62.2 Å². The summed E-state index contributed by atoms with van der Waals surface area (Å²) in [7, 11) is 0. The number of ether oxygens (including phenoxy) is 2. The number of hydrogen-bond donors (Lipinski definition) is 2. The molecule has 6 unspecified atom stereocenters. The molecular weight excluding hydrogens is 316 g/mol. The Morgan fingerprint density at radius 3 is 2.72 bits per heavy atom. The van der Waals surface area contributed by atoms with Crippen LogP contribution in [-0.2, 0) is 9.47 Å². The zero-order valence-electron chi connectivity index (χ0n) is 15.3. The topological polar surface area (TPSA) is 58.9 Å². The van der Waals surface area contributed by atoms with Crippen molar-refractivity contribution in [3.8, 4) is 0 Å². The van der Waals surface area contributed by atoms with Crippen LogP contribution in [0.15, 0.2) is 11.6 Å². The van der Waals surface area contributed by atoms with E-state index in [-0.39, 0.29) is 23.4 Å². The van der Waals surface area contributed by atoms with Crippen molar-refractivity contribution in [2.24, 2.45) is 29.1 Å². The van der Waals surface area contributed by atoms with Crippen molar-refractivity contribution in [2.75, 3.05) is 13.2 Å². The van der Waals surface area contributed by atoms with E-state index in [4.69, 9.17) is 9.47 Å². The fourth-order valence-electron chi connectivity index (χ4n) is 7.48. The maximum atomic E-state index is 11.2. The fourth-order valence-corrected chi connectivity index (χ4v) is 7.48. The summed E-state index contributed by atoms with van der Waals surface area (Å²) in [5, 5.41) is 21.9. The molecule has 0 amide bonds. The Balaban J connectivity index is 1.45. The average Bonchev–Trinajstić information content (AvgIpc) is 3.20. The van der Waals surface area contributed by atoms with Crippen molar-refractivity contribution in [2.45, 2.75) is 76.3 Å². The first kappa shape index (κ1) is 16.7. The highest BCUT2D eigenvalue weighted by atomic mass is 16.7. The Morgan fingerprint density at radius 2 is 1.96 bits per heavy atom. The molecule has 4 fully saturated rings. The molecule has 0 aromatic heterocycles. The van der Waals surface area contributed by atoms with Crippen LogP contribution in [-0.4, -0.2) is 41.4 Å². The van der Waals surface area contributed by atoms with Crippen molar-refractivity contribution in [3.63, 3.8) is 0 Å². The molecule has 2 N–H and O–H groups in total. The molecule has 0 aromatic rings. The maximum absolute atomic E-state index is 11.2. The second kappa shape index (κ2) is 5.79. The molecule has 5 rings (SSSR count). The van der Waals surface area contributed by atoms with Gasteiger partial charge >= 0.3 is 0 Å². The standard InChI is InChI=1S/C21H32O4/c1-2-20-12-17(22)19-14-7-8-21(24-9-10-25-21)11-13(14)3-4-15(19)16(20)5-6-18(20)23/h3,14-19,22-23H,2,4-12H2,1H3/t14?,15?,16?,17?,18?,19?,20-/m0/s1. The maximum Gasteiger partial charge on any atom is 0.172 e. The second-order valence-electron chi connectivity index (χ2n) is 9.24. The van der Waals surface area contributed by atoms with Crippen LogP contribution in [0.5, 0.6) is 0 Å². The lowest BCUT2D eigenvalue weighted by Crippen LogP contribution is -2.55. The minimum atomic E-state index is -0.370. The predicted molar refractivity (Wildman–Crippen MR) is 93.7 cm³/mol. The molecule has 1 saturated heterocycles. The van der Waals surface area contributed by atoms with E-state index in [1.807, 2.05) is 0 Å². The van der Waals surface area contributed by atoms with Gasteiger partial charge in [0.15, 0.2) is 5.79 Å². The molecule has 5 aliphatic rings. The zero-order chi connectivity index (χ0) is 17.2. The van der Waals surface area contributed by atoms with Gasteiger partial charge in [-0.1, -0.05) is 18.6 Å². The lowest BCUT2D eigenvalue weighted by atomic mass is 9.50. The number of allylic oxidation sites excluding steroid dienone is 1. The molecular formula is C21H32O4. The monoisotopic (exact) mass is 348 g/mol. The van der Waals surface area contributed by atoms with Crippen LogP contribution < -0.4 is 0 Å². The Bertz CT molecular complexity index is 566. The molecule has 140 valence electrons. The van der Waals surface area contributed by atoms with Crippen molar-refractivity contribution >= 4 is 0 Å². The molecule has 0 aromatic carbocycles. The fraction of sp³-hybridized carbons (Fsp3) is 0.905. The van der Waals surface area contributed by atoms with Crippen molar-refractivity contribution in [1.82, 2.24) is 0 Å². The van der Waals surface area contributed by atoms with Crippen LogP contribution >= 0.6 is 0 Å². The smallest absolute Gasteiger partial charge is 0.172 e. The van der Waals surface area contributed by atoms with Crippen molar-refractivity contribution in [1.29, 1.82) is 0 Å². The lowest BCUT2D eigenvalue weighted by molar-refractivity contribution is -0.183. The quantitative estimate of drug-likeness (QED) is 0.715. The molecule has 4 nitrogen and oxygen atoms in total. The third kappa shape index (κ3) is 2.27. The number of hydrogen-bond acceptors (Lipinski definition) is 4. The molecule has 3 saturated carbocycles. The summed E-state index contributed by atoms with van der Waals surface area (Å²) in [6.07, 6.45) is 9.75. The summed E-state index contributed by atoms with van der Waals surface area (Å²) in [5.41, 5.74) is 1.43. The summed E-state index contributed by atoms with van der Waals surface area (Å²) in [5.74, 6) is 1.60. The molecule has 7 atom stereocenters. The highest BCUT2D eigenvalue weighted by Gasteiger charge is 2.60. The minimum absolute atomic E-state index is 0.0422. The first-order chi connectivity index (χ1) is 12.1. The number of aliphatic hydroxyl groups excluding tert-OH is 2. The molecule has 0 bridgehead atoms. The first-order valence-corrected chi connectivity index (χ1v) is 10.4. The van der Waals surface area contributed by atoms with Crippen molar-refractivity contribution < 1.29 is 19.7 Å². The van der Waals surface area contributed by atoms with Crippen LogP contribution in [0.25, 0.3) is 0 Å². The number of fused-ring (bicyclic) bond motifs is 5. The van der Waals surface area contributed by atoms with Crippen molar-refractivity contribution in [3.05, 3.63) is 11.6 Å². The molecule has 1 spiro atoms. The van der Waals surface area contributed by atoms with Gasteiger partial charge in [0.1, 0.15) is 0 Å². The van der Waals surface area contributed by atoms with Gasteiger partial charge in [0, 0.05) is 18.3 Å². The number of aliphatic hydroxyl groups is 2. The minimum Gasteiger partial charge on any atom is -0.393 e. The Morgan fingerprint density at radius 1 is 1.16 bits per heavy atom. The van der Waals surface area contributed by atoms with Crippen LogP contribution in [0.2, 0.25) is 0 Å². The van der Waals surface area contributed by atoms with Crippen LogP contribution in [0.4, 0.5) is 0 Å². The Labute approximate surface area is 150 Å². The van der Waals surface area contributed by atoms with Gasteiger partial charge in [0.25, 0.3) is 0 Å². The average molecular weight is 348 g/mol. The second-order valence-corrected chi connectivity index (χ2v) is 9.24. The van der Waals surface area contributed by atoms with Gasteiger partial charge in [0.05, 0.1) is 25.4 Å². The predicted octanol–water partition coefficient (Wildman–Crippen LogP) is 3.02. The third-order valence-corrected chi connectivity index (χ3v) is 8.57. The van der Waals surface area contributed by atoms with Gasteiger partial charge in [-0.2, -0.15) is 0 Å². The molecule has 1 aliphatic heterocycles. The molecule has 4 heteroatoms. The molecule has 1 heterocycles. The zero-order valence-corrected chi connectivity index (χ0v) is 15.3. The largest absolute Gasteiger partial charge is 0.393 e. The highest BCUT2D eigenvalue weighted by Crippen LogP contribution is 2.63. The van der Waals surface area contributed by atoms with E-state index >= 15 is 0 Å². The summed E-state index contributed by atoms with van der Waals surface area (Å²) >= 11 is 0. The summed E-state index contributed by atoms with van der Waals surface area (Å²) in [6.45, 7) is 3.63. The van der Waals surface area contributed by atoms with E-state index < -0.39 is 0 Å². The lowest BCUT2D eigenvalue weighted by Gasteiger charge is -2.56. The van der Waals surface area contributed by atoms with Gasteiger partial charge < -0.3 is 19.7 Å². The molecule has 4 aliphatic carbocycles. The van der Waals surface area contributed by atoms with E-state index in [9.17, 15) is 10.2 Å². The summed E-state index contributed by atoms with van der Waals surface area (Å²) in [6, 6.07) is 0. The van der Waals surface area contributed by atoms with Crippen LogP contribution in [0.1, 0.15) is 58.3 Å². The van der Waals surface area contributed by atoms with E-state index in [1.54, 1.807) is 0 Å². The van der Waals surface area contributed by atoms with Gasteiger partial charge in [0.2, 0.25) is 0 Å². The highest BCUT2D eigenvalue weighted by molar-refractivity contribution is 5.23. The van der Waals surface area contributed by atoms with E-state index in [2.05, 4.69) is 13.0 Å². The van der Waals surface area contributed by atoms with Crippen LogP contribution in [0, 0.1) is 29.1 Å². The number of rotatable bonds is 1. The van der Waals surface area contributed by atoms with Gasteiger partial charge in [-0.25, -0.2) is 0 Å². The van der Waals surface area contributed by atoms with Gasteiger partial charge in [-0.3, -0.25) is 0 Å². The van der Waals surface area contributed by atoms with E-state index in [0.29, 0.717) is 36.9 Å². The summed E-state index contributed by atoms with van der Waals surface area (Å²) in [4.78, 5) is 0. The third-order valence-electron chi connectivity index (χ3n) is 8.57. The van der Waals surface area contributed by atoms with E-state index in [1.165, 1.54) is 5.57 Å². The summed E-state index contributed by atoms with van der Waals surface area (Å²) < 4.78 is 11.9.